The Hall–Kier alpha value is -1.46. The first-order valence-corrected chi connectivity index (χ1v) is 6.47. The SMILES string of the molecule is Cc1nnc2sc(-c3cccc(CCl)c3)nn12. The third kappa shape index (κ3) is 1.81. The number of aromatic nitrogens is 4. The van der Waals surface area contributed by atoms with Crippen molar-refractivity contribution >= 4 is 27.9 Å². The van der Waals surface area contributed by atoms with Gasteiger partial charge < -0.3 is 0 Å². The summed E-state index contributed by atoms with van der Waals surface area (Å²) in [4.78, 5) is 0.814. The minimum absolute atomic E-state index is 0.511. The highest BCUT2D eigenvalue weighted by Crippen LogP contribution is 2.26. The fourth-order valence-corrected chi connectivity index (χ4v) is 2.67. The zero-order chi connectivity index (χ0) is 11.8. The first kappa shape index (κ1) is 10.7. The van der Waals surface area contributed by atoms with Gasteiger partial charge in [0, 0.05) is 11.4 Å². The van der Waals surface area contributed by atoms with Crippen LogP contribution in [0.3, 0.4) is 0 Å². The van der Waals surface area contributed by atoms with E-state index in [1.807, 2.05) is 31.2 Å². The zero-order valence-corrected chi connectivity index (χ0v) is 10.7. The predicted octanol–water partition coefficient (Wildman–Crippen LogP) is 2.90. The number of benzene rings is 1. The van der Waals surface area contributed by atoms with E-state index in [1.54, 1.807) is 4.52 Å². The fourth-order valence-electron chi connectivity index (χ4n) is 1.62. The van der Waals surface area contributed by atoms with Crippen molar-refractivity contribution in [2.24, 2.45) is 0 Å². The third-order valence-corrected chi connectivity index (χ3v) is 3.73. The summed E-state index contributed by atoms with van der Waals surface area (Å²) in [5.74, 6) is 1.31. The van der Waals surface area contributed by atoms with Crippen molar-refractivity contribution in [3.05, 3.63) is 35.7 Å². The van der Waals surface area contributed by atoms with Gasteiger partial charge in [-0.15, -0.1) is 21.8 Å². The topological polar surface area (TPSA) is 43.1 Å². The van der Waals surface area contributed by atoms with E-state index in [0.717, 1.165) is 26.9 Å². The van der Waals surface area contributed by atoms with Gasteiger partial charge in [-0.2, -0.15) is 9.61 Å². The van der Waals surface area contributed by atoms with Crippen LogP contribution in [-0.4, -0.2) is 19.8 Å². The summed E-state index contributed by atoms with van der Waals surface area (Å²) >= 11 is 7.35. The van der Waals surface area contributed by atoms with Crippen LogP contribution in [0.4, 0.5) is 0 Å². The Kier molecular flexibility index (Phi) is 2.57. The highest BCUT2D eigenvalue weighted by atomic mass is 35.5. The Morgan fingerprint density at radius 3 is 3.00 bits per heavy atom. The highest BCUT2D eigenvalue weighted by Gasteiger charge is 2.10. The molecule has 0 radical (unpaired) electrons. The molecule has 3 rings (SSSR count). The standard InChI is InChI=1S/C11H9ClN4S/c1-7-13-14-11-16(7)15-10(17-11)9-4-2-3-8(5-9)6-12/h2-5H,6H2,1H3. The number of hydrogen-bond acceptors (Lipinski definition) is 4. The van der Waals surface area contributed by atoms with E-state index in [4.69, 9.17) is 11.6 Å². The molecule has 86 valence electrons. The normalized spacial score (nSPS) is 11.2. The van der Waals surface area contributed by atoms with E-state index >= 15 is 0 Å². The van der Waals surface area contributed by atoms with Gasteiger partial charge in [-0.1, -0.05) is 29.5 Å². The number of rotatable bonds is 2. The molecule has 0 atom stereocenters. The predicted molar refractivity (Wildman–Crippen MR) is 68.4 cm³/mol. The number of aryl methyl sites for hydroxylation is 1. The summed E-state index contributed by atoms with van der Waals surface area (Å²) in [7, 11) is 0. The lowest BCUT2D eigenvalue weighted by Crippen LogP contribution is -1.89. The molecule has 0 N–H and O–H groups in total. The monoisotopic (exact) mass is 264 g/mol. The van der Waals surface area contributed by atoms with Crippen LogP contribution in [0, 0.1) is 6.92 Å². The van der Waals surface area contributed by atoms with E-state index in [9.17, 15) is 0 Å². The molecule has 3 aromatic rings. The van der Waals surface area contributed by atoms with Gasteiger partial charge >= 0.3 is 0 Å². The Morgan fingerprint density at radius 1 is 1.35 bits per heavy atom. The molecule has 0 spiro atoms. The van der Waals surface area contributed by atoms with Crippen molar-refractivity contribution in [1.29, 1.82) is 0 Å². The summed E-state index contributed by atoms with van der Waals surface area (Å²) in [5.41, 5.74) is 2.16. The van der Waals surface area contributed by atoms with Gasteiger partial charge in [0.05, 0.1) is 0 Å². The van der Waals surface area contributed by atoms with Crippen LogP contribution in [0.25, 0.3) is 15.5 Å². The summed E-state index contributed by atoms with van der Waals surface area (Å²) < 4.78 is 1.76. The van der Waals surface area contributed by atoms with Crippen LogP contribution in [0.5, 0.6) is 0 Å². The zero-order valence-electron chi connectivity index (χ0n) is 9.09. The molecular weight excluding hydrogens is 256 g/mol. The van der Waals surface area contributed by atoms with Gasteiger partial charge in [0.2, 0.25) is 4.96 Å². The molecule has 2 aromatic heterocycles. The molecule has 0 unspecified atom stereocenters. The molecular formula is C11H9ClN4S. The molecule has 0 fully saturated rings. The number of fused-ring (bicyclic) bond motifs is 1. The van der Waals surface area contributed by atoms with Gasteiger partial charge in [-0.3, -0.25) is 0 Å². The van der Waals surface area contributed by atoms with Crippen molar-refractivity contribution in [3.63, 3.8) is 0 Å². The van der Waals surface area contributed by atoms with E-state index < -0.39 is 0 Å². The van der Waals surface area contributed by atoms with E-state index in [2.05, 4.69) is 15.3 Å². The molecule has 1 aromatic carbocycles. The van der Waals surface area contributed by atoms with Crippen molar-refractivity contribution in [3.8, 4) is 10.6 Å². The summed E-state index contributed by atoms with van der Waals surface area (Å²) in [6.07, 6.45) is 0. The van der Waals surface area contributed by atoms with E-state index in [0.29, 0.717) is 5.88 Å². The second-order valence-electron chi connectivity index (χ2n) is 3.68. The van der Waals surface area contributed by atoms with Crippen LogP contribution >= 0.6 is 22.9 Å². The van der Waals surface area contributed by atoms with Gasteiger partial charge in [-0.25, -0.2) is 0 Å². The molecule has 6 heteroatoms. The molecule has 0 saturated heterocycles. The largest absolute Gasteiger partial charge is 0.234 e. The lowest BCUT2D eigenvalue weighted by atomic mass is 10.1. The fraction of sp³-hybridized carbons (Fsp3) is 0.182. The minimum atomic E-state index is 0.511. The Balaban J connectivity index is 2.13. The van der Waals surface area contributed by atoms with E-state index in [1.165, 1.54) is 11.3 Å². The van der Waals surface area contributed by atoms with Gasteiger partial charge in [0.25, 0.3) is 0 Å². The first-order valence-electron chi connectivity index (χ1n) is 5.12. The molecule has 2 heterocycles. The molecule has 0 saturated carbocycles. The van der Waals surface area contributed by atoms with Crippen molar-refractivity contribution < 1.29 is 0 Å². The van der Waals surface area contributed by atoms with Crippen LogP contribution in [0.1, 0.15) is 11.4 Å². The first-order chi connectivity index (χ1) is 8.28. The molecule has 0 aliphatic rings. The van der Waals surface area contributed by atoms with Gasteiger partial charge in [0.15, 0.2) is 5.82 Å². The number of halogens is 1. The molecule has 0 aliphatic heterocycles. The summed E-state index contributed by atoms with van der Waals surface area (Å²) in [5, 5.41) is 13.4. The Bertz CT molecular complexity index is 673. The average molecular weight is 265 g/mol. The van der Waals surface area contributed by atoms with Crippen LogP contribution in [-0.2, 0) is 5.88 Å². The maximum Gasteiger partial charge on any atom is 0.234 e. The molecule has 4 nitrogen and oxygen atoms in total. The second kappa shape index (κ2) is 4.09. The van der Waals surface area contributed by atoms with Gasteiger partial charge in [-0.05, 0) is 18.6 Å². The smallest absolute Gasteiger partial charge is 0.187 e. The maximum absolute atomic E-state index is 5.82. The van der Waals surface area contributed by atoms with Gasteiger partial charge in [0.1, 0.15) is 5.01 Å². The highest BCUT2D eigenvalue weighted by molar-refractivity contribution is 7.19. The number of alkyl halides is 1. The molecule has 0 bridgehead atoms. The minimum Gasteiger partial charge on any atom is -0.187 e. The third-order valence-electron chi connectivity index (χ3n) is 2.48. The van der Waals surface area contributed by atoms with Crippen LogP contribution < -0.4 is 0 Å². The Labute approximate surface area is 107 Å². The lowest BCUT2D eigenvalue weighted by molar-refractivity contribution is 0.897. The second-order valence-corrected chi connectivity index (χ2v) is 4.91. The lowest BCUT2D eigenvalue weighted by Gasteiger charge is -1.98. The van der Waals surface area contributed by atoms with Crippen molar-refractivity contribution in [2.45, 2.75) is 12.8 Å². The Morgan fingerprint density at radius 2 is 2.24 bits per heavy atom. The summed E-state index contributed by atoms with van der Waals surface area (Å²) in [6.45, 7) is 1.89. The molecule has 0 aliphatic carbocycles. The van der Waals surface area contributed by atoms with Crippen molar-refractivity contribution in [1.82, 2.24) is 19.8 Å². The summed E-state index contributed by atoms with van der Waals surface area (Å²) in [6, 6.07) is 8.06. The van der Waals surface area contributed by atoms with Crippen LogP contribution in [0.2, 0.25) is 0 Å². The number of hydrogen-bond donors (Lipinski definition) is 0. The average Bonchev–Trinajstić information content (AvgIpc) is 2.92. The number of nitrogens with zero attached hydrogens (tertiary/aromatic N) is 4. The van der Waals surface area contributed by atoms with Crippen LogP contribution in [0.15, 0.2) is 24.3 Å². The maximum atomic E-state index is 5.82. The molecule has 0 amide bonds. The quantitative estimate of drug-likeness (QED) is 0.669. The van der Waals surface area contributed by atoms with E-state index in [-0.39, 0.29) is 0 Å². The molecule has 17 heavy (non-hydrogen) atoms. The van der Waals surface area contributed by atoms with Crippen molar-refractivity contribution in [2.75, 3.05) is 0 Å².